The first-order valence-corrected chi connectivity index (χ1v) is 9.91. The third-order valence-corrected chi connectivity index (χ3v) is 5.50. The van der Waals surface area contributed by atoms with Gasteiger partial charge in [0, 0.05) is 30.3 Å². The fraction of sp³-hybridized carbons (Fsp3) is 0.176. The Hall–Kier alpha value is -3.31. The lowest BCUT2D eigenvalue weighted by Crippen LogP contribution is -2.39. The zero-order chi connectivity index (χ0) is 20.3. The van der Waals surface area contributed by atoms with Gasteiger partial charge in [-0.1, -0.05) is 18.2 Å². The molecule has 1 aromatic carbocycles. The number of aromatic nitrogens is 3. The normalized spacial score (nSPS) is 11.5. The van der Waals surface area contributed by atoms with Gasteiger partial charge in [0.2, 0.25) is 9.84 Å². The van der Waals surface area contributed by atoms with E-state index in [1.165, 1.54) is 42.6 Å². The van der Waals surface area contributed by atoms with Crippen molar-refractivity contribution >= 4 is 26.8 Å². The molecule has 2 heterocycles. The van der Waals surface area contributed by atoms with Gasteiger partial charge in [0.15, 0.2) is 5.03 Å². The molecule has 0 saturated carbocycles. The highest BCUT2D eigenvalue weighted by molar-refractivity contribution is 7.90. The van der Waals surface area contributed by atoms with Crippen LogP contribution in [0.1, 0.15) is 16.2 Å². The average molecular weight is 403 g/mol. The Balaban J connectivity index is 2.24. The lowest BCUT2D eigenvalue weighted by Gasteiger charge is -2.18. The Labute approximate surface area is 159 Å². The number of hydrogen-bond donors (Lipinski definition) is 2. The smallest absolute Gasteiger partial charge is 0.347 e. The van der Waals surface area contributed by atoms with Gasteiger partial charge in [0.25, 0.3) is 5.52 Å². The number of carbonyl (C=O) groups is 1. The second-order valence-corrected chi connectivity index (χ2v) is 7.78. The fourth-order valence-corrected chi connectivity index (χ4v) is 3.96. The van der Waals surface area contributed by atoms with E-state index in [1.807, 2.05) is 0 Å². The second-order valence-electron chi connectivity index (χ2n) is 5.84. The highest BCUT2D eigenvalue weighted by Crippen LogP contribution is 2.19. The van der Waals surface area contributed by atoms with Crippen LogP contribution in [-0.4, -0.2) is 37.1 Å². The number of fused-ring (bicyclic) bond motifs is 1. The molecular weight excluding hydrogens is 386 g/mol. The number of amides is 1. The predicted octanol–water partition coefficient (Wildman–Crippen LogP) is -0.0409. The molecule has 0 saturated heterocycles. The Morgan fingerprint density at radius 1 is 1.21 bits per heavy atom. The van der Waals surface area contributed by atoms with Crippen LogP contribution in [0.5, 0.6) is 0 Å². The van der Waals surface area contributed by atoms with Crippen molar-refractivity contribution in [1.82, 2.24) is 15.0 Å². The predicted molar refractivity (Wildman–Crippen MR) is 101 cm³/mol. The molecule has 10 nitrogen and oxygen atoms in total. The van der Waals surface area contributed by atoms with Gasteiger partial charge >= 0.3 is 11.6 Å². The monoisotopic (exact) mass is 403 g/mol. The van der Waals surface area contributed by atoms with Crippen LogP contribution in [0.2, 0.25) is 0 Å². The highest BCUT2D eigenvalue weighted by Gasteiger charge is 2.32. The summed E-state index contributed by atoms with van der Waals surface area (Å²) in [6, 6.07) is 10.1. The quantitative estimate of drug-likeness (QED) is 0.547. The highest BCUT2D eigenvalue weighted by atomic mass is 32.2. The molecule has 0 spiro atoms. The van der Waals surface area contributed by atoms with E-state index in [-0.39, 0.29) is 33.6 Å². The summed E-state index contributed by atoms with van der Waals surface area (Å²) in [5.74, 6) is -1.76. The minimum atomic E-state index is -4.09. The van der Waals surface area contributed by atoms with Crippen LogP contribution >= 0.6 is 0 Å². The van der Waals surface area contributed by atoms with Gasteiger partial charge < -0.3 is 21.0 Å². The van der Waals surface area contributed by atoms with Crippen LogP contribution in [-0.2, 0) is 15.6 Å². The number of rotatable bonds is 6. The van der Waals surface area contributed by atoms with Gasteiger partial charge in [0.05, 0.1) is 4.43 Å². The van der Waals surface area contributed by atoms with Crippen LogP contribution in [0.4, 0.5) is 0 Å². The number of benzene rings is 1. The molecule has 1 amide bonds. The summed E-state index contributed by atoms with van der Waals surface area (Å²) in [7, 11) is -4.09. The molecule has 0 atom stereocenters. The van der Waals surface area contributed by atoms with E-state index in [1.54, 1.807) is 6.07 Å². The zero-order valence-electron chi connectivity index (χ0n) is 14.6. The summed E-state index contributed by atoms with van der Waals surface area (Å²) < 4.78 is 26.0. The number of nitrogens with two attached hydrogens (primary N) is 1. The molecule has 3 aromatic rings. The van der Waals surface area contributed by atoms with Gasteiger partial charge in [-0.2, -0.15) is 0 Å². The van der Waals surface area contributed by atoms with Crippen LogP contribution < -0.4 is 15.5 Å². The molecule has 0 unspecified atom stereocenters. The number of sulfone groups is 1. The third kappa shape index (κ3) is 3.57. The molecule has 146 valence electrons. The molecule has 3 rings (SSSR count). The van der Waals surface area contributed by atoms with Crippen LogP contribution in [0, 0.1) is 10.1 Å². The van der Waals surface area contributed by atoms with Crippen molar-refractivity contribution in [3.05, 3.63) is 70.2 Å². The number of pyridine rings is 1. The average Bonchev–Trinajstić information content (AvgIpc) is 2.71. The third-order valence-electron chi connectivity index (χ3n) is 3.97. The Bertz CT molecular complexity index is 1190. The maximum Gasteiger partial charge on any atom is 0.347 e. The summed E-state index contributed by atoms with van der Waals surface area (Å²) in [6.45, 7) is 0.161. The molecule has 0 bridgehead atoms. The standard InChI is InChI=1S/C17H17N5O5S/c18-8-10-20-17(23)16-14(11-28(26,27)15-7-3-4-9-19-15)21(24)12-5-1-2-6-13(12)22(16)25/h1-7,9H,8,10-11,18H2,(H,20,23). The summed E-state index contributed by atoms with van der Waals surface area (Å²) in [4.78, 5) is 29.1. The number of para-hydroxylation sites is 2. The molecule has 0 fully saturated rings. The summed E-state index contributed by atoms with van der Waals surface area (Å²) in [6.07, 6.45) is 1.29. The molecule has 3 N–H and O–H groups in total. The summed E-state index contributed by atoms with van der Waals surface area (Å²) >= 11 is 0. The van der Waals surface area contributed by atoms with Gasteiger partial charge in [-0.15, -0.1) is 0 Å². The van der Waals surface area contributed by atoms with Crippen molar-refractivity contribution in [3.8, 4) is 0 Å². The van der Waals surface area contributed by atoms with Crippen molar-refractivity contribution in [2.24, 2.45) is 5.73 Å². The minimum Gasteiger partial charge on any atom is -0.805 e. The van der Waals surface area contributed by atoms with Crippen molar-refractivity contribution in [1.29, 1.82) is 0 Å². The maximum atomic E-state index is 12.9. The number of nitrogens with zero attached hydrogens (tertiary/aromatic N) is 3. The van der Waals surface area contributed by atoms with Crippen molar-refractivity contribution in [3.63, 3.8) is 0 Å². The van der Waals surface area contributed by atoms with E-state index < -0.39 is 32.9 Å². The second kappa shape index (κ2) is 7.74. The van der Waals surface area contributed by atoms with Crippen LogP contribution in [0.25, 0.3) is 11.0 Å². The molecule has 11 heteroatoms. The van der Waals surface area contributed by atoms with Crippen LogP contribution in [0.15, 0.2) is 53.7 Å². The molecule has 2 aromatic heterocycles. The number of carbonyl (C=O) groups excluding carboxylic acids is 1. The van der Waals surface area contributed by atoms with Gasteiger partial charge in [-0.3, -0.25) is 4.79 Å². The van der Waals surface area contributed by atoms with Gasteiger partial charge in [-0.05, 0) is 18.2 Å². The van der Waals surface area contributed by atoms with E-state index in [4.69, 9.17) is 5.73 Å². The minimum absolute atomic E-state index is 0.0525. The first kappa shape index (κ1) is 19.5. The topological polar surface area (TPSA) is 153 Å². The number of hydrogen-bond acceptors (Lipinski definition) is 7. The molecule has 0 aliphatic rings. The van der Waals surface area contributed by atoms with Gasteiger partial charge in [0.1, 0.15) is 17.0 Å². The van der Waals surface area contributed by atoms with E-state index in [9.17, 15) is 23.3 Å². The Morgan fingerprint density at radius 2 is 1.93 bits per heavy atom. The first-order valence-electron chi connectivity index (χ1n) is 8.25. The summed E-state index contributed by atoms with van der Waals surface area (Å²) in [5, 5.41) is 15.0. The Morgan fingerprint density at radius 3 is 2.61 bits per heavy atom. The molecular formula is C17H17N5O5S. The summed E-state index contributed by atoms with van der Waals surface area (Å²) in [5.41, 5.74) is 4.15. The SMILES string of the molecule is NCCNC(=O)c1c(CS(=O)(=O)c2ccccn2)n([O-])c2ccccc2[n+]1=O. The largest absolute Gasteiger partial charge is 0.805 e. The van der Waals surface area contributed by atoms with Crippen LogP contribution in [0.3, 0.4) is 0 Å². The lowest BCUT2D eigenvalue weighted by atomic mass is 10.2. The lowest BCUT2D eigenvalue weighted by molar-refractivity contribution is -0.468. The van der Waals surface area contributed by atoms with Crippen molar-refractivity contribution < 1.29 is 17.6 Å². The Kier molecular flexibility index (Phi) is 5.38. The van der Waals surface area contributed by atoms with E-state index in [0.29, 0.717) is 4.73 Å². The van der Waals surface area contributed by atoms with E-state index in [2.05, 4.69) is 10.3 Å². The number of nitrogens with one attached hydrogen (secondary N) is 1. The van der Waals surface area contributed by atoms with E-state index >= 15 is 0 Å². The molecule has 0 radical (unpaired) electrons. The molecule has 0 aliphatic carbocycles. The molecule has 28 heavy (non-hydrogen) atoms. The van der Waals surface area contributed by atoms with Gasteiger partial charge in [-0.25, -0.2) is 13.4 Å². The zero-order valence-corrected chi connectivity index (χ0v) is 15.4. The fourth-order valence-electron chi connectivity index (χ4n) is 2.69. The van der Waals surface area contributed by atoms with Crippen molar-refractivity contribution in [2.75, 3.05) is 13.1 Å². The van der Waals surface area contributed by atoms with Crippen molar-refractivity contribution in [2.45, 2.75) is 10.8 Å². The maximum absolute atomic E-state index is 12.9. The molecule has 0 aliphatic heterocycles. The van der Waals surface area contributed by atoms with E-state index in [0.717, 1.165) is 0 Å². The first-order chi connectivity index (χ1) is 13.4.